The highest BCUT2D eigenvalue weighted by Crippen LogP contribution is 2.11. The van der Waals surface area contributed by atoms with Crippen LogP contribution in [0.5, 0.6) is 5.75 Å². The summed E-state index contributed by atoms with van der Waals surface area (Å²) in [7, 11) is 0. The van der Waals surface area contributed by atoms with Crippen molar-refractivity contribution in [1.82, 2.24) is 0 Å². The predicted octanol–water partition coefficient (Wildman–Crippen LogP) is 0.993. The maximum Gasteiger partial charge on any atom is 0.329 e. The van der Waals surface area contributed by atoms with Crippen molar-refractivity contribution in [2.24, 2.45) is 0 Å². The first-order valence-electron chi connectivity index (χ1n) is 3.76. The third-order valence-corrected chi connectivity index (χ3v) is 1.40. The van der Waals surface area contributed by atoms with Crippen LogP contribution in [0.3, 0.4) is 0 Å². The van der Waals surface area contributed by atoms with Crippen LogP contribution < -0.4 is 0 Å². The first-order chi connectivity index (χ1) is 6.18. The molecule has 0 spiro atoms. The monoisotopic (exact) mass is 182 g/mol. The number of phenols is 1. The molecular formula is C9H10O4. The second kappa shape index (κ2) is 4.47. The molecule has 0 saturated carbocycles. The Morgan fingerprint density at radius 3 is 2.85 bits per heavy atom. The van der Waals surface area contributed by atoms with Gasteiger partial charge in [-0.05, 0) is 17.7 Å². The fourth-order valence-electron chi connectivity index (χ4n) is 0.902. The molecule has 0 unspecified atom stereocenters. The van der Waals surface area contributed by atoms with Gasteiger partial charge in [0, 0.05) is 0 Å². The lowest BCUT2D eigenvalue weighted by Gasteiger charge is -2.01. The van der Waals surface area contributed by atoms with E-state index in [1.165, 1.54) is 6.07 Å². The smallest absolute Gasteiger partial charge is 0.329 e. The first-order valence-corrected chi connectivity index (χ1v) is 3.76. The maximum absolute atomic E-state index is 10.1. The van der Waals surface area contributed by atoms with E-state index in [4.69, 9.17) is 14.9 Å². The Morgan fingerprint density at radius 1 is 1.46 bits per heavy atom. The van der Waals surface area contributed by atoms with Crippen molar-refractivity contribution in [3.63, 3.8) is 0 Å². The zero-order chi connectivity index (χ0) is 9.68. The van der Waals surface area contributed by atoms with Crippen molar-refractivity contribution in [3.05, 3.63) is 29.8 Å². The summed E-state index contributed by atoms with van der Waals surface area (Å²) >= 11 is 0. The van der Waals surface area contributed by atoms with Crippen LogP contribution in [0.25, 0.3) is 0 Å². The molecular weight excluding hydrogens is 172 g/mol. The van der Waals surface area contributed by atoms with Crippen LogP contribution in [0.1, 0.15) is 5.56 Å². The summed E-state index contributed by atoms with van der Waals surface area (Å²) < 4.78 is 4.83. The van der Waals surface area contributed by atoms with Gasteiger partial charge in [0.05, 0.1) is 6.61 Å². The van der Waals surface area contributed by atoms with Gasteiger partial charge in [0.25, 0.3) is 0 Å². The van der Waals surface area contributed by atoms with Crippen LogP contribution in [-0.4, -0.2) is 22.8 Å². The molecule has 0 amide bonds. The van der Waals surface area contributed by atoms with Gasteiger partial charge < -0.3 is 14.9 Å². The summed E-state index contributed by atoms with van der Waals surface area (Å²) in [5.41, 5.74) is 0.751. The number of aliphatic carboxylic acids is 1. The van der Waals surface area contributed by atoms with Crippen LogP contribution in [0.4, 0.5) is 0 Å². The van der Waals surface area contributed by atoms with Crippen molar-refractivity contribution in [3.8, 4) is 5.75 Å². The molecule has 2 N–H and O–H groups in total. The number of hydrogen-bond acceptors (Lipinski definition) is 3. The van der Waals surface area contributed by atoms with Gasteiger partial charge >= 0.3 is 5.97 Å². The van der Waals surface area contributed by atoms with E-state index in [1.54, 1.807) is 18.2 Å². The van der Waals surface area contributed by atoms with Crippen LogP contribution >= 0.6 is 0 Å². The molecule has 0 bridgehead atoms. The fraction of sp³-hybridized carbons (Fsp3) is 0.222. The Bertz CT molecular complexity index is 295. The highest BCUT2D eigenvalue weighted by Gasteiger charge is 1.98. The van der Waals surface area contributed by atoms with Crippen molar-refractivity contribution < 1.29 is 19.7 Å². The second-order valence-corrected chi connectivity index (χ2v) is 2.56. The van der Waals surface area contributed by atoms with Gasteiger partial charge in [0.15, 0.2) is 0 Å². The third kappa shape index (κ3) is 3.57. The standard InChI is InChI=1S/C9H10O4/c10-8-3-1-2-7(4-8)5-13-6-9(11)12/h1-4,10H,5-6H2,(H,11,12). The molecule has 1 rings (SSSR count). The summed E-state index contributed by atoms with van der Waals surface area (Å²) in [6.07, 6.45) is 0. The summed E-state index contributed by atoms with van der Waals surface area (Å²) in [6.45, 7) is -0.129. The minimum absolute atomic E-state index is 0.149. The normalized spacial score (nSPS) is 9.85. The molecule has 1 aromatic rings. The van der Waals surface area contributed by atoms with Gasteiger partial charge in [-0.25, -0.2) is 4.79 Å². The lowest BCUT2D eigenvalue weighted by atomic mass is 10.2. The average Bonchev–Trinajstić information content (AvgIpc) is 2.03. The molecule has 0 radical (unpaired) electrons. The van der Waals surface area contributed by atoms with E-state index in [0.717, 1.165) is 5.56 Å². The Kier molecular flexibility index (Phi) is 3.28. The summed E-state index contributed by atoms with van der Waals surface area (Å²) in [5.74, 6) is -0.850. The molecule has 0 saturated heterocycles. The molecule has 70 valence electrons. The van der Waals surface area contributed by atoms with Crippen LogP contribution in [0.2, 0.25) is 0 Å². The van der Waals surface area contributed by atoms with Gasteiger partial charge in [0.1, 0.15) is 12.4 Å². The topological polar surface area (TPSA) is 66.8 Å². The van der Waals surface area contributed by atoms with E-state index in [1.807, 2.05) is 0 Å². The van der Waals surface area contributed by atoms with Gasteiger partial charge in [-0.15, -0.1) is 0 Å². The molecule has 0 aromatic heterocycles. The fourth-order valence-corrected chi connectivity index (χ4v) is 0.902. The maximum atomic E-state index is 10.1. The molecule has 0 aliphatic heterocycles. The van der Waals surface area contributed by atoms with E-state index >= 15 is 0 Å². The molecule has 0 aliphatic carbocycles. The SMILES string of the molecule is O=C(O)COCc1cccc(O)c1. The zero-order valence-electron chi connectivity index (χ0n) is 6.93. The molecule has 0 atom stereocenters. The van der Waals surface area contributed by atoms with Crippen molar-refractivity contribution in [2.45, 2.75) is 6.61 Å². The highest BCUT2D eigenvalue weighted by molar-refractivity contribution is 5.67. The summed E-state index contributed by atoms with van der Waals surface area (Å²) in [5, 5.41) is 17.3. The summed E-state index contributed by atoms with van der Waals surface area (Å²) in [6, 6.07) is 6.50. The van der Waals surface area contributed by atoms with Crippen LogP contribution in [0.15, 0.2) is 24.3 Å². The Morgan fingerprint density at radius 2 is 2.23 bits per heavy atom. The molecule has 1 aromatic carbocycles. The van der Waals surface area contributed by atoms with Crippen LogP contribution in [-0.2, 0) is 16.1 Å². The van der Waals surface area contributed by atoms with Crippen LogP contribution in [0, 0.1) is 0 Å². The minimum Gasteiger partial charge on any atom is -0.508 e. The number of carboxylic acids is 1. The highest BCUT2D eigenvalue weighted by atomic mass is 16.5. The number of carbonyl (C=O) groups is 1. The van der Waals surface area contributed by atoms with Gasteiger partial charge in [-0.2, -0.15) is 0 Å². The minimum atomic E-state index is -1.000. The van der Waals surface area contributed by atoms with Crippen molar-refractivity contribution in [1.29, 1.82) is 0 Å². The second-order valence-electron chi connectivity index (χ2n) is 2.56. The molecule has 4 heteroatoms. The van der Waals surface area contributed by atoms with Gasteiger partial charge in [-0.3, -0.25) is 0 Å². The van der Waals surface area contributed by atoms with E-state index in [2.05, 4.69) is 0 Å². The van der Waals surface area contributed by atoms with E-state index in [-0.39, 0.29) is 19.0 Å². The van der Waals surface area contributed by atoms with E-state index in [0.29, 0.717) is 0 Å². The van der Waals surface area contributed by atoms with Gasteiger partial charge in [0.2, 0.25) is 0 Å². The molecule has 0 aliphatic rings. The number of aromatic hydroxyl groups is 1. The number of benzene rings is 1. The number of rotatable bonds is 4. The molecule has 4 nitrogen and oxygen atoms in total. The summed E-state index contributed by atoms with van der Waals surface area (Å²) in [4.78, 5) is 10.1. The van der Waals surface area contributed by atoms with Crippen molar-refractivity contribution >= 4 is 5.97 Å². The molecule has 0 fully saturated rings. The number of hydrogen-bond donors (Lipinski definition) is 2. The zero-order valence-corrected chi connectivity index (χ0v) is 6.93. The quantitative estimate of drug-likeness (QED) is 0.728. The predicted molar refractivity (Wildman–Crippen MR) is 45.4 cm³/mol. The first kappa shape index (κ1) is 9.54. The Balaban J connectivity index is 2.41. The molecule has 0 heterocycles. The van der Waals surface area contributed by atoms with Crippen molar-refractivity contribution in [2.75, 3.05) is 6.61 Å². The third-order valence-electron chi connectivity index (χ3n) is 1.40. The van der Waals surface area contributed by atoms with Gasteiger partial charge in [-0.1, -0.05) is 12.1 Å². The van der Waals surface area contributed by atoms with E-state index < -0.39 is 5.97 Å². The van der Waals surface area contributed by atoms with E-state index in [9.17, 15) is 4.79 Å². The number of carboxylic acid groups (broad SMARTS) is 1. The lowest BCUT2D eigenvalue weighted by molar-refractivity contribution is -0.142. The Labute approximate surface area is 75.4 Å². The number of ether oxygens (including phenoxy) is 1. The molecule has 13 heavy (non-hydrogen) atoms. The Hall–Kier alpha value is -1.55. The average molecular weight is 182 g/mol. The number of phenolic OH excluding ortho intramolecular Hbond substituents is 1. The largest absolute Gasteiger partial charge is 0.508 e. The lowest BCUT2D eigenvalue weighted by Crippen LogP contribution is -2.06.